The number of likely N-dealkylation sites (N-methyl/N-ethyl adjacent to an activating group) is 1. The Kier molecular flexibility index (Phi) is 3.94. The Bertz CT molecular complexity index is 252. The summed E-state index contributed by atoms with van der Waals surface area (Å²) in [7, 11) is 2.19. The van der Waals surface area contributed by atoms with Crippen LogP contribution in [0.4, 0.5) is 0 Å². The van der Waals surface area contributed by atoms with Gasteiger partial charge in [0, 0.05) is 17.5 Å². The van der Waals surface area contributed by atoms with Crippen molar-refractivity contribution in [1.29, 1.82) is 0 Å². The number of hydrogen-bond acceptors (Lipinski definition) is 2. The lowest BCUT2D eigenvalue weighted by Crippen LogP contribution is -2.28. The molecule has 1 aromatic rings. The van der Waals surface area contributed by atoms with Crippen LogP contribution < -0.4 is 0 Å². The van der Waals surface area contributed by atoms with Crippen molar-refractivity contribution in [1.82, 2.24) is 4.90 Å². The molecule has 13 heavy (non-hydrogen) atoms. The van der Waals surface area contributed by atoms with Crippen molar-refractivity contribution in [2.45, 2.75) is 33.2 Å². The average molecular weight is 197 g/mol. The molecule has 74 valence electrons. The van der Waals surface area contributed by atoms with Crippen molar-refractivity contribution in [3.63, 3.8) is 0 Å². The third-order valence-corrected chi connectivity index (χ3v) is 3.62. The highest BCUT2D eigenvalue weighted by Crippen LogP contribution is 2.16. The summed E-state index contributed by atoms with van der Waals surface area (Å²) in [5.41, 5.74) is 1.45. The van der Waals surface area contributed by atoms with E-state index in [4.69, 9.17) is 0 Å². The summed E-state index contributed by atoms with van der Waals surface area (Å²) in [6, 6.07) is 2.86. The molecule has 1 aromatic heterocycles. The normalized spacial score (nSPS) is 11.5. The van der Waals surface area contributed by atoms with Gasteiger partial charge in [-0.1, -0.05) is 0 Å². The van der Waals surface area contributed by atoms with Crippen LogP contribution in [0.1, 0.15) is 24.3 Å². The van der Waals surface area contributed by atoms with E-state index >= 15 is 0 Å². The summed E-state index contributed by atoms with van der Waals surface area (Å²) in [5, 5.41) is 2.18. The minimum absolute atomic E-state index is 0.653. The first-order valence-electron chi connectivity index (χ1n) is 4.84. The Morgan fingerprint density at radius 3 is 2.62 bits per heavy atom. The molecule has 0 N–H and O–H groups in total. The number of thiophene rings is 1. The Labute approximate surface area is 85.4 Å². The highest BCUT2D eigenvalue weighted by Gasteiger charge is 2.05. The maximum atomic E-state index is 2.39. The Morgan fingerprint density at radius 1 is 1.46 bits per heavy atom. The van der Waals surface area contributed by atoms with E-state index in [-0.39, 0.29) is 0 Å². The molecule has 1 rings (SSSR count). The fourth-order valence-corrected chi connectivity index (χ4v) is 2.10. The molecule has 0 atom stereocenters. The monoisotopic (exact) mass is 197 g/mol. The van der Waals surface area contributed by atoms with Gasteiger partial charge in [-0.3, -0.25) is 0 Å². The molecule has 0 aliphatic heterocycles. The van der Waals surface area contributed by atoms with Gasteiger partial charge in [0.25, 0.3) is 0 Å². The third kappa shape index (κ3) is 3.12. The van der Waals surface area contributed by atoms with Crippen molar-refractivity contribution in [2.24, 2.45) is 0 Å². The highest BCUT2D eigenvalue weighted by molar-refractivity contribution is 7.10. The molecular weight excluding hydrogens is 178 g/mol. The fraction of sp³-hybridized carbons (Fsp3) is 0.636. The van der Waals surface area contributed by atoms with Crippen LogP contribution in [0.25, 0.3) is 0 Å². The van der Waals surface area contributed by atoms with Gasteiger partial charge in [0.05, 0.1) is 0 Å². The lowest BCUT2D eigenvalue weighted by molar-refractivity contribution is 0.278. The minimum Gasteiger partial charge on any atom is -0.304 e. The molecule has 0 saturated heterocycles. The van der Waals surface area contributed by atoms with Crippen LogP contribution in [0.5, 0.6) is 0 Å². The summed E-state index contributed by atoms with van der Waals surface area (Å²) in [5.74, 6) is 0. The number of rotatable bonds is 4. The molecule has 0 saturated carbocycles. The third-order valence-electron chi connectivity index (χ3n) is 2.54. The molecular formula is C11H19NS. The van der Waals surface area contributed by atoms with Crippen molar-refractivity contribution >= 4 is 11.3 Å². The predicted molar refractivity (Wildman–Crippen MR) is 60.5 cm³/mol. The maximum Gasteiger partial charge on any atom is 0.00871 e. The average Bonchev–Trinajstić information content (AvgIpc) is 2.47. The number of nitrogens with zero attached hydrogens (tertiary/aromatic N) is 1. The maximum absolute atomic E-state index is 2.39. The van der Waals surface area contributed by atoms with Crippen LogP contribution in [-0.2, 0) is 6.42 Å². The topological polar surface area (TPSA) is 3.24 Å². The summed E-state index contributed by atoms with van der Waals surface area (Å²) < 4.78 is 0. The summed E-state index contributed by atoms with van der Waals surface area (Å²) in [6.45, 7) is 7.84. The van der Waals surface area contributed by atoms with Crippen molar-refractivity contribution in [2.75, 3.05) is 13.6 Å². The van der Waals surface area contributed by atoms with E-state index in [1.54, 1.807) is 0 Å². The molecule has 0 spiro atoms. The van der Waals surface area contributed by atoms with Gasteiger partial charge in [-0.2, -0.15) is 0 Å². The molecule has 0 aliphatic rings. The zero-order chi connectivity index (χ0) is 9.84. The first-order chi connectivity index (χ1) is 6.11. The molecule has 2 heteroatoms. The van der Waals surface area contributed by atoms with Gasteiger partial charge in [-0.05, 0) is 51.2 Å². The molecule has 0 radical (unpaired) electrons. The largest absolute Gasteiger partial charge is 0.304 e. The van der Waals surface area contributed by atoms with E-state index in [2.05, 4.69) is 44.2 Å². The van der Waals surface area contributed by atoms with E-state index in [1.807, 2.05) is 11.3 Å². The van der Waals surface area contributed by atoms with Gasteiger partial charge >= 0.3 is 0 Å². The van der Waals surface area contributed by atoms with Crippen LogP contribution in [0.15, 0.2) is 11.4 Å². The highest BCUT2D eigenvalue weighted by atomic mass is 32.1. The predicted octanol–water partition coefficient (Wildman–Crippen LogP) is 2.94. The van der Waals surface area contributed by atoms with E-state index in [0.29, 0.717) is 6.04 Å². The lowest BCUT2D eigenvalue weighted by Gasteiger charge is -2.20. The van der Waals surface area contributed by atoms with Gasteiger partial charge in [0.15, 0.2) is 0 Å². The van der Waals surface area contributed by atoms with E-state index in [0.717, 1.165) is 0 Å². The van der Waals surface area contributed by atoms with Gasteiger partial charge in [-0.25, -0.2) is 0 Å². The quantitative estimate of drug-likeness (QED) is 0.717. The second-order valence-corrected chi connectivity index (χ2v) is 4.85. The van der Waals surface area contributed by atoms with E-state index < -0.39 is 0 Å². The van der Waals surface area contributed by atoms with Crippen molar-refractivity contribution < 1.29 is 0 Å². The SMILES string of the molecule is Cc1ccsc1CCN(C)C(C)C. The zero-order valence-corrected chi connectivity index (χ0v) is 9.82. The van der Waals surface area contributed by atoms with Crippen LogP contribution in [0, 0.1) is 6.92 Å². The standard InChI is InChI=1S/C11H19NS/c1-9(2)12(4)7-5-11-10(3)6-8-13-11/h6,8-9H,5,7H2,1-4H3. The fourth-order valence-electron chi connectivity index (χ4n) is 1.20. The second-order valence-electron chi connectivity index (χ2n) is 3.85. The molecule has 0 aliphatic carbocycles. The summed E-state index contributed by atoms with van der Waals surface area (Å²) >= 11 is 1.88. The van der Waals surface area contributed by atoms with E-state index in [9.17, 15) is 0 Å². The molecule has 0 unspecified atom stereocenters. The zero-order valence-electron chi connectivity index (χ0n) is 9.00. The van der Waals surface area contributed by atoms with Crippen LogP contribution in [0.3, 0.4) is 0 Å². The second kappa shape index (κ2) is 4.77. The Hall–Kier alpha value is -0.340. The molecule has 0 fully saturated rings. The van der Waals surface area contributed by atoms with Crippen LogP contribution >= 0.6 is 11.3 Å². The Morgan fingerprint density at radius 2 is 2.15 bits per heavy atom. The lowest BCUT2D eigenvalue weighted by atomic mass is 10.2. The van der Waals surface area contributed by atoms with Gasteiger partial charge in [0.2, 0.25) is 0 Å². The van der Waals surface area contributed by atoms with Crippen LogP contribution in [0.2, 0.25) is 0 Å². The van der Waals surface area contributed by atoms with E-state index in [1.165, 1.54) is 23.4 Å². The number of aryl methyl sites for hydroxylation is 1. The molecule has 1 nitrogen and oxygen atoms in total. The summed E-state index contributed by atoms with van der Waals surface area (Å²) in [6.07, 6.45) is 1.19. The van der Waals surface area contributed by atoms with Crippen LogP contribution in [-0.4, -0.2) is 24.5 Å². The number of hydrogen-bond donors (Lipinski definition) is 0. The van der Waals surface area contributed by atoms with Crippen molar-refractivity contribution in [3.05, 3.63) is 21.9 Å². The minimum atomic E-state index is 0.653. The van der Waals surface area contributed by atoms with Crippen molar-refractivity contribution in [3.8, 4) is 0 Å². The van der Waals surface area contributed by atoms with Gasteiger partial charge in [-0.15, -0.1) is 11.3 Å². The van der Waals surface area contributed by atoms with Gasteiger partial charge in [0.1, 0.15) is 0 Å². The molecule has 0 bridgehead atoms. The first kappa shape index (κ1) is 10.7. The summed E-state index contributed by atoms with van der Waals surface area (Å²) in [4.78, 5) is 3.92. The molecule has 0 amide bonds. The molecule has 1 heterocycles. The smallest absolute Gasteiger partial charge is 0.00871 e. The first-order valence-corrected chi connectivity index (χ1v) is 5.72. The Balaban J connectivity index is 2.39. The molecule has 0 aromatic carbocycles. The van der Waals surface area contributed by atoms with Gasteiger partial charge < -0.3 is 4.90 Å².